The zero-order valence-electron chi connectivity index (χ0n) is 13.4. The Morgan fingerprint density at radius 3 is 2.67 bits per heavy atom. The minimum Gasteiger partial charge on any atom is -0.378 e. The van der Waals surface area contributed by atoms with Crippen LogP contribution in [0.25, 0.3) is 0 Å². The van der Waals surface area contributed by atoms with E-state index in [0.29, 0.717) is 30.5 Å². The van der Waals surface area contributed by atoms with Gasteiger partial charge in [0.25, 0.3) is 0 Å². The predicted molar refractivity (Wildman–Crippen MR) is 83.2 cm³/mol. The van der Waals surface area contributed by atoms with E-state index >= 15 is 0 Å². The maximum Gasteiger partial charge on any atom is 0.222 e. The molecule has 0 N–H and O–H groups in total. The Hall–Kier alpha value is -0.610. The van der Waals surface area contributed by atoms with Crippen LogP contribution in [0.15, 0.2) is 0 Å². The summed E-state index contributed by atoms with van der Waals surface area (Å²) in [5.74, 6) is 0.371. The molecule has 3 atom stereocenters. The van der Waals surface area contributed by atoms with E-state index in [2.05, 4.69) is 16.7 Å². The number of hydrogen-bond donors (Lipinski definition) is 0. The number of nitrogens with zero attached hydrogens (tertiary/aromatic N) is 2. The SMILES string of the molecule is CCN1CCC[C@@H]1[C@H]1CCCN1C(=O)CC[C@@H]1CCCO1. The molecule has 3 rings (SSSR count). The maximum absolute atomic E-state index is 12.6. The van der Waals surface area contributed by atoms with Crippen molar-refractivity contribution in [1.82, 2.24) is 9.80 Å². The van der Waals surface area contributed by atoms with Crippen molar-refractivity contribution in [1.29, 1.82) is 0 Å². The van der Waals surface area contributed by atoms with E-state index in [-0.39, 0.29) is 0 Å². The first-order valence-electron chi connectivity index (χ1n) is 8.94. The van der Waals surface area contributed by atoms with E-state index in [0.717, 1.165) is 32.5 Å². The number of likely N-dealkylation sites (N-methyl/N-ethyl adjacent to an activating group) is 1. The molecule has 0 unspecified atom stereocenters. The highest BCUT2D eigenvalue weighted by Crippen LogP contribution is 2.30. The van der Waals surface area contributed by atoms with Crippen LogP contribution in [0.5, 0.6) is 0 Å². The van der Waals surface area contributed by atoms with Crippen LogP contribution in [0.1, 0.15) is 58.3 Å². The molecule has 0 aromatic heterocycles. The molecule has 3 fully saturated rings. The van der Waals surface area contributed by atoms with Crippen molar-refractivity contribution in [2.24, 2.45) is 0 Å². The van der Waals surface area contributed by atoms with Crippen molar-refractivity contribution >= 4 is 5.91 Å². The van der Waals surface area contributed by atoms with E-state index in [1.54, 1.807) is 0 Å². The van der Waals surface area contributed by atoms with E-state index in [4.69, 9.17) is 4.74 Å². The maximum atomic E-state index is 12.6. The topological polar surface area (TPSA) is 32.8 Å². The third kappa shape index (κ3) is 3.42. The zero-order chi connectivity index (χ0) is 14.7. The fourth-order valence-electron chi connectivity index (χ4n) is 4.48. The van der Waals surface area contributed by atoms with Gasteiger partial charge in [0, 0.05) is 31.7 Å². The molecule has 3 heterocycles. The molecule has 120 valence electrons. The molecule has 3 saturated heterocycles. The van der Waals surface area contributed by atoms with Gasteiger partial charge in [0.05, 0.1) is 6.10 Å². The molecular formula is C17H30N2O2. The summed E-state index contributed by atoms with van der Waals surface area (Å²) >= 11 is 0. The molecule has 4 nitrogen and oxygen atoms in total. The van der Waals surface area contributed by atoms with Crippen molar-refractivity contribution in [2.75, 3.05) is 26.2 Å². The lowest BCUT2D eigenvalue weighted by Crippen LogP contribution is -2.48. The third-order valence-electron chi connectivity index (χ3n) is 5.59. The van der Waals surface area contributed by atoms with Crippen LogP contribution in [-0.2, 0) is 9.53 Å². The number of amides is 1. The first-order valence-corrected chi connectivity index (χ1v) is 8.94. The summed E-state index contributed by atoms with van der Waals surface area (Å²) in [6.45, 7) is 6.45. The summed E-state index contributed by atoms with van der Waals surface area (Å²) in [6.07, 6.45) is 9.21. The zero-order valence-corrected chi connectivity index (χ0v) is 13.4. The molecule has 0 spiro atoms. The highest BCUT2D eigenvalue weighted by Gasteiger charge is 2.38. The molecule has 0 bridgehead atoms. The number of carbonyl (C=O) groups is 1. The number of rotatable bonds is 5. The Balaban J connectivity index is 1.54. The standard InChI is InChI=1S/C17H30N2O2/c1-2-18-11-3-7-15(18)16-8-4-12-19(16)17(20)10-9-14-6-5-13-21-14/h14-16H,2-13H2,1H3/t14-,15+,16+/m0/s1. The van der Waals surface area contributed by atoms with Gasteiger partial charge in [-0.2, -0.15) is 0 Å². The molecule has 4 heteroatoms. The van der Waals surface area contributed by atoms with E-state index in [1.807, 2.05) is 0 Å². The number of ether oxygens (including phenoxy) is 1. The Bertz CT molecular complexity index is 355. The monoisotopic (exact) mass is 294 g/mol. The molecule has 1 amide bonds. The Labute approximate surface area is 128 Å². The summed E-state index contributed by atoms with van der Waals surface area (Å²) in [5.41, 5.74) is 0. The molecule has 3 aliphatic rings. The molecule has 0 aliphatic carbocycles. The van der Waals surface area contributed by atoms with Gasteiger partial charge < -0.3 is 9.64 Å². The lowest BCUT2D eigenvalue weighted by atomic mass is 10.0. The molecule has 0 aromatic rings. The first-order chi connectivity index (χ1) is 10.3. The lowest BCUT2D eigenvalue weighted by molar-refractivity contribution is -0.133. The predicted octanol–water partition coefficient (Wildman–Crippen LogP) is 2.42. The minimum absolute atomic E-state index is 0.341. The van der Waals surface area contributed by atoms with E-state index in [9.17, 15) is 4.79 Å². The highest BCUT2D eigenvalue weighted by atomic mass is 16.5. The molecule has 0 aromatic carbocycles. The smallest absolute Gasteiger partial charge is 0.222 e. The largest absolute Gasteiger partial charge is 0.378 e. The summed E-state index contributed by atoms with van der Waals surface area (Å²) in [6, 6.07) is 1.09. The second-order valence-electron chi connectivity index (χ2n) is 6.81. The summed E-state index contributed by atoms with van der Waals surface area (Å²) in [5, 5.41) is 0. The van der Waals surface area contributed by atoms with Gasteiger partial charge in [0.15, 0.2) is 0 Å². The fourth-order valence-corrected chi connectivity index (χ4v) is 4.48. The van der Waals surface area contributed by atoms with Crippen LogP contribution in [-0.4, -0.2) is 60.1 Å². The van der Waals surface area contributed by atoms with Crippen LogP contribution >= 0.6 is 0 Å². The minimum atomic E-state index is 0.341. The van der Waals surface area contributed by atoms with Gasteiger partial charge in [0.2, 0.25) is 5.91 Å². The van der Waals surface area contributed by atoms with Gasteiger partial charge in [-0.25, -0.2) is 0 Å². The van der Waals surface area contributed by atoms with Gasteiger partial charge in [-0.1, -0.05) is 6.92 Å². The van der Waals surface area contributed by atoms with Gasteiger partial charge in [-0.05, 0) is 58.0 Å². The average molecular weight is 294 g/mol. The quantitative estimate of drug-likeness (QED) is 0.780. The molecule has 0 saturated carbocycles. The lowest BCUT2D eigenvalue weighted by Gasteiger charge is -2.34. The van der Waals surface area contributed by atoms with Crippen molar-refractivity contribution in [3.8, 4) is 0 Å². The van der Waals surface area contributed by atoms with Crippen molar-refractivity contribution in [2.45, 2.75) is 76.5 Å². The normalized spacial score (nSPS) is 34.0. The number of hydrogen-bond acceptors (Lipinski definition) is 3. The van der Waals surface area contributed by atoms with Crippen LogP contribution in [0.3, 0.4) is 0 Å². The molecule has 0 radical (unpaired) electrons. The molecule has 3 aliphatic heterocycles. The van der Waals surface area contributed by atoms with Gasteiger partial charge in [-0.15, -0.1) is 0 Å². The fraction of sp³-hybridized carbons (Fsp3) is 0.941. The Morgan fingerprint density at radius 1 is 1.10 bits per heavy atom. The van der Waals surface area contributed by atoms with Crippen LogP contribution in [0, 0.1) is 0 Å². The summed E-state index contributed by atoms with van der Waals surface area (Å²) < 4.78 is 5.65. The van der Waals surface area contributed by atoms with Crippen LogP contribution in [0.2, 0.25) is 0 Å². The second kappa shape index (κ2) is 7.10. The average Bonchev–Trinajstić information content (AvgIpc) is 3.23. The second-order valence-corrected chi connectivity index (χ2v) is 6.81. The van der Waals surface area contributed by atoms with Crippen molar-refractivity contribution < 1.29 is 9.53 Å². The molecular weight excluding hydrogens is 264 g/mol. The van der Waals surface area contributed by atoms with Crippen molar-refractivity contribution in [3.05, 3.63) is 0 Å². The van der Waals surface area contributed by atoms with Crippen molar-refractivity contribution in [3.63, 3.8) is 0 Å². The highest BCUT2D eigenvalue weighted by molar-refractivity contribution is 5.77. The van der Waals surface area contributed by atoms with Gasteiger partial charge in [0.1, 0.15) is 0 Å². The first kappa shape index (κ1) is 15.3. The Morgan fingerprint density at radius 2 is 1.90 bits per heavy atom. The molecule has 21 heavy (non-hydrogen) atoms. The van der Waals surface area contributed by atoms with E-state index in [1.165, 1.54) is 38.6 Å². The van der Waals surface area contributed by atoms with Crippen LogP contribution in [0.4, 0.5) is 0 Å². The number of likely N-dealkylation sites (tertiary alicyclic amines) is 2. The van der Waals surface area contributed by atoms with Crippen LogP contribution < -0.4 is 0 Å². The Kier molecular flexibility index (Phi) is 5.17. The van der Waals surface area contributed by atoms with Gasteiger partial charge >= 0.3 is 0 Å². The van der Waals surface area contributed by atoms with E-state index < -0.39 is 0 Å². The summed E-state index contributed by atoms with van der Waals surface area (Å²) in [4.78, 5) is 17.4. The number of carbonyl (C=O) groups excluding carboxylic acids is 1. The summed E-state index contributed by atoms with van der Waals surface area (Å²) in [7, 11) is 0. The third-order valence-corrected chi connectivity index (χ3v) is 5.59. The van der Waals surface area contributed by atoms with Gasteiger partial charge in [-0.3, -0.25) is 9.69 Å².